The van der Waals surface area contributed by atoms with Crippen LogP contribution in [0.2, 0.25) is 0 Å². The van der Waals surface area contributed by atoms with Gasteiger partial charge in [-0.2, -0.15) is 13.2 Å². The molecule has 0 saturated heterocycles. The van der Waals surface area contributed by atoms with Crippen molar-refractivity contribution in [3.05, 3.63) is 88.9 Å². The van der Waals surface area contributed by atoms with Gasteiger partial charge in [0.2, 0.25) is 0 Å². The van der Waals surface area contributed by atoms with Crippen molar-refractivity contribution in [1.82, 2.24) is 15.6 Å². The largest absolute Gasteiger partial charge is 0.449 e. The number of alkyl halides is 3. The second kappa shape index (κ2) is 14.0. The first kappa shape index (κ1) is 27.7. The Morgan fingerprint density at radius 2 is 1.94 bits per heavy atom. The van der Waals surface area contributed by atoms with Crippen molar-refractivity contribution >= 4 is 17.7 Å². The lowest BCUT2D eigenvalue weighted by Crippen LogP contribution is -2.26. The summed E-state index contributed by atoms with van der Waals surface area (Å²) < 4.78 is 43.7. The summed E-state index contributed by atoms with van der Waals surface area (Å²) in [5.41, 5.74) is 3.35. The number of nitrogens with one attached hydrogen (secondary N) is 2. The summed E-state index contributed by atoms with van der Waals surface area (Å²) in [7, 11) is 0. The molecule has 1 aromatic carbocycles. The molecule has 2 rings (SSSR count). The number of aryl methyl sites for hydroxylation is 1. The number of hydrogen-bond donors (Lipinski definition) is 2. The Labute approximate surface area is 204 Å². The van der Waals surface area contributed by atoms with Crippen LogP contribution in [0.15, 0.2) is 66.5 Å². The van der Waals surface area contributed by atoms with Gasteiger partial charge in [-0.3, -0.25) is 4.98 Å². The number of carbonyl (C=O) groups is 1. The lowest BCUT2D eigenvalue weighted by molar-refractivity contribution is -0.141. The van der Waals surface area contributed by atoms with Gasteiger partial charge in [-0.1, -0.05) is 61.1 Å². The van der Waals surface area contributed by atoms with Gasteiger partial charge in [-0.25, -0.2) is 4.79 Å². The summed E-state index contributed by atoms with van der Waals surface area (Å²) in [5, 5.41) is 5.82. The highest BCUT2D eigenvalue weighted by atomic mass is 19.4. The molecule has 0 aliphatic rings. The number of amides is 1. The number of halogens is 3. The van der Waals surface area contributed by atoms with Crippen molar-refractivity contribution in [3.63, 3.8) is 0 Å². The summed E-state index contributed by atoms with van der Waals surface area (Å²) in [5.74, 6) is 0. The molecule has 0 atom stereocenters. The van der Waals surface area contributed by atoms with Gasteiger partial charge >= 0.3 is 12.3 Å². The zero-order valence-electron chi connectivity index (χ0n) is 20.3. The second-order valence-electron chi connectivity index (χ2n) is 8.01. The van der Waals surface area contributed by atoms with Crippen molar-refractivity contribution in [1.29, 1.82) is 0 Å². The van der Waals surface area contributed by atoms with Crippen LogP contribution in [0.1, 0.15) is 49.1 Å². The molecule has 2 aromatic rings. The quantitative estimate of drug-likeness (QED) is 0.280. The molecule has 0 aliphatic heterocycles. The van der Waals surface area contributed by atoms with Gasteiger partial charge < -0.3 is 15.4 Å². The minimum absolute atomic E-state index is 0.233. The molecule has 0 fully saturated rings. The number of pyridine rings is 1. The van der Waals surface area contributed by atoms with E-state index in [9.17, 15) is 18.0 Å². The smallest absolute Gasteiger partial charge is 0.433 e. The Kier molecular flexibility index (Phi) is 11.1. The highest BCUT2D eigenvalue weighted by Crippen LogP contribution is 2.28. The van der Waals surface area contributed by atoms with Crippen LogP contribution in [-0.2, 0) is 10.9 Å². The molecular weight excluding hydrogens is 455 g/mol. The molecule has 1 heterocycles. The summed E-state index contributed by atoms with van der Waals surface area (Å²) in [4.78, 5) is 15.5. The average molecular weight is 488 g/mol. The van der Waals surface area contributed by atoms with Gasteiger partial charge in [0.15, 0.2) is 0 Å². The van der Waals surface area contributed by atoms with E-state index in [0.29, 0.717) is 24.1 Å². The molecule has 0 radical (unpaired) electrons. The number of ether oxygens (including phenoxy) is 1. The lowest BCUT2D eigenvalue weighted by Gasteiger charge is -2.10. The molecule has 0 aliphatic carbocycles. The summed E-state index contributed by atoms with van der Waals surface area (Å²) in [6.45, 7) is 7.06. The maximum Gasteiger partial charge on any atom is 0.433 e. The van der Waals surface area contributed by atoms with E-state index in [4.69, 9.17) is 4.74 Å². The normalized spacial score (nSPS) is 12.6. The molecule has 2 N–H and O–H groups in total. The van der Waals surface area contributed by atoms with Gasteiger partial charge in [0, 0.05) is 31.0 Å². The van der Waals surface area contributed by atoms with E-state index in [2.05, 4.69) is 15.6 Å². The number of rotatable bonds is 11. The number of aromatic nitrogens is 1. The monoisotopic (exact) mass is 487 g/mol. The van der Waals surface area contributed by atoms with Crippen LogP contribution in [0, 0.1) is 6.92 Å². The Balaban J connectivity index is 1.89. The third-order valence-electron chi connectivity index (χ3n) is 4.96. The molecular formula is C27H32F3N3O2. The summed E-state index contributed by atoms with van der Waals surface area (Å²) in [6, 6.07) is 10.3. The summed E-state index contributed by atoms with van der Waals surface area (Å²) in [6.07, 6.45) is 5.13. The molecule has 0 saturated carbocycles. The van der Waals surface area contributed by atoms with Crippen molar-refractivity contribution in [2.75, 3.05) is 19.7 Å². The van der Waals surface area contributed by atoms with E-state index < -0.39 is 18.0 Å². The fraction of sp³-hybridized carbons (Fsp3) is 0.333. The Hall–Kier alpha value is -3.55. The van der Waals surface area contributed by atoms with Gasteiger partial charge in [0.1, 0.15) is 5.69 Å². The maximum absolute atomic E-state index is 12.8. The van der Waals surface area contributed by atoms with Crippen LogP contribution in [-0.4, -0.2) is 30.8 Å². The van der Waals surface area contributed by atoms with Gasteiger partial charge in [0.25, 0.3) is 0 Å². The molecule has 1 amide bonds. The van der Waals surface area contributed by atoms with Crippen LogP contribution >= 0.6 is 0 Å². The number of benzene rings is 1. The van der Waals surface area contributed by atoms with Crippen LogP contribution in [0.3, 0.4) is 0 Å². The topological polar surface area (TPSA) is 63.2 Å². The van der Waals surface area contributed by atoms with Gasteiger partial charge in [0.05, 0.1) is 6.61 Å². The zero-order chi connectivity index (χ0) is 25.7. The zero-order valence-corrected chi connectivity index (χ0v) is 20.3. The number of alkyl carbamates (subject to hydrolysis) is 1. The molecule has 188 valence electrons. The van der Waals surface area contributed by atoms with Crippen LogP contribution in [0.4, 0.5) is 18.0 Å². The minimum Gasteiger partial charge on any atom is -0.449 e. The first-order chi connectivity index (χ1) is 16.7. The van der Waals surface area contributed by atoms with Gasteiger partial charge in [-0.15, -0.1) is 0 Å². The molecule has 35 heavy (non-hydrogen) atoms. The third kappa shape index (κ3) is 10.1. The lowest BCUT2D eigenvalue weighted by atomic mass is 10.1. The van der Waals surface area contributed by atoms with E-state index in [1.54, 1.807) is 12.3 Å². The molecule has 0 bridgehead atoms. The van der Waals surface area contributed by atoms with Crippen LogP contribution in [0.5, 0.6) is 0 Å². The number of nitrogens with zero attached hydrogens (tertiary/aromatic N) is 1. The SMILES string of the molecule is CCCN/C=C(\C=C(/C)CNC(=O)OCC/C=C\c1ccccc1C)c1ccc(C(F)(F)F)nc1. The number of allylic oxidation sites excluding steroid dienone is 2. The predicted octanol–water partition coefficient (Wildman–Crippen LogP) is 6.53. The fourth-order valence-electron chi connectivity index (χ4n) is 3.05. The first-order valence-electron chi connectivity index (χ1n) is 11.5. The summed E-state index contributed by atoms with van der Waals surface area (Å²) >= 11 is 0. The average Bonchev–Trinajstić information content (AvgIpc) is 2.82. The van der Waals surface area contributed by atoms with Crippen LogP contribution < -0.4 is 10.6 Å². The first-order valence-corrected chi connectivity index (χ1v) is 11.5. The van der Waals surface area contributed by atoms with E-state index in [-0.39, 0.29) is 13.2 Å². The minimum atomic E-state index is -4.49. The standard InChI is InChI=1S/C27H32F3N3O2/c1-4-14-31-18-24(23-12-13-25(32-19-23)27(28,29)30)16-20(2)17-33-26(34)35-15-8-7-11-22-10-6-5-9-21(22)3/h5-7,9-13,16,18-19,31H,4,8,14-15,17H2,1-3H3,(H,33,34)/b11-7-,20-16+,24-18+. The van der Waals surface area contributed by atoms with E-state index in [1.165, 1.54) is 17.8 Å². The predicted molar refractivity (Wildman–Crippen MR) is 133 cm³/mol. The van der Waals surface area contributed by atoms with Crippen molar-refractivity contribution in [2.24, 2.45) is 0 Å². The molecule has 0 spiro atoms. The van der Waals surface area contributed by atoms with E-state index in [1.807, 2.05) is 57.2 Å². The van der Waals surface area contributed by atoms with E-state index in [0.717, 1.165) is 23.6 Å². The van der Waals surface area contributed by atoms with Crippen molar-refractivity contribution < 1.29 is 22.7 Å². The Bertz CT molecular complexity index is 1040. The Morgan fingerprint density at radius 1 is 1.17 bits per heavy atom. The third-order valence-corrected chi connectivity index (χ3v) is 4.96. The number of carbonyl (C=O) groups excluding carboxylic acids is 1. The fourth-order valence-corrected chi connectivity index (χ4v) is 3.05. The highest BCUT2D eigenvalue weighted by molar-refractivity contribution is 5.74. The second-order valence-corrected chi connectivity index (χ2v) is 8.01. The van der Waals surface area contributed by atoms with E-state index >= 15 is 0 Å². The molecule has 5 nitrogen and oxygen atoms in total. The van der Waals surface area contributed by atoms with Crippen molar-refractivity contribution in [2.45, 2.75) is 39.8 Å². The molecule has 0 unspecified atom stereocenters. The maximum atomic E-state index is 12.8. The molecule has 8 heteroatoms. The Morgan fingerprint density at radius 3 is 2.60 bits per heavy atom. The van der Waals surface area contributed by atoms with Crippen molar-refractivity contribution in [3.8, 4) is 0 Å². The van der Waals surface area contributed by atoms with Crippen LogP contribution in [0.25, 0.3) is 11.6 Å². The highest BCUT2D eigenvalue weighted by Gasteiger charge is 2.32. The molecule has 1 aromatic heterocycles. The van der Waals surface area contributed by atoms with Gasteiger partial charge in [-0.05, 0) is 49.5 Å². The number of hydrogen-bond acceptors (Lipinski definition) is 4.